The molecule has 0 atom stereocenters. The van der Waals surface area contributed by atoms with Crippen LogP contribution in [-0.2, 0) is 0 Å². The molecule has 12 heavy (non-hydrogen) atoms. The van der Waals surface area contributed by atoms with Gasteiger partial charge in [0.15, 0.2) is 0 Å². The lowest BCUT2D eigenvalue weighted by Crippen LogP contribution is -1.99. The van der Waals surface area contributed by atoms with E-state index in [2.05, 4.69) is 9.97 Å². The highest BCUT2D eigenvalue weighted by Crippen LogP contribution is 2.27. The number of hydrogen-bond acceptors (Lipinski definition) is 3. The molecular weight excluding hydrogens is 176 g/mol. The zero-order chi connectivity index (χ0) is 8.55. The summed E-state index contributed by atoms with van der Waals surface area (Å²) in [6.45, 7) is 0. The predicted molar refractivity (Wildman–Crippen MR) is 46.4 cm³/mol. The van der Waals surface area contributed by atoms with Crippen LogP contribution in [0, 0.1) is 0 Å². The Kier molecular flexibility index (Phi) is 1.51. The van der Waals surface area contributed by atoms with Crippen LogP contribution in [0.4, 0.5) is 0 Å². The number of H-pyrrole nitrogens is 2. The van der Waals surface area contributed by atoms with Crippen LogP contribution in [0.2, 0.25) is 0 Å². The summed E-state index contributed by atoms with van der Waals surface area (Å²) in [5.41, 5.74) is 0.0610. The zero-order valence-corrected chi connectivity index (χ0v) is 6.81. The van der Waals surface area contributed by atoms with Crippen molar-refractivity contribution in [3.05, 3.63) is 28.0 Å². The van der Waals surface area contributed by atoms with Gasteiger partial charge in [0, 0.05) is 0 Å². The maximum atomic E-state index is 10.7. The molecule has 3 N–H and O–H groups in total. The number of aromatic nitrogens is 2. The normalized spacial score (nSPS) is 10.3. The molecule has 2 aromatic rings. The predicted octanol–water partition coefficient (Wildman–Crippen LogP) is 1.14. The first-order valence-electron chi connectivity index (χ1n) is 3.32. The first-order valence-corrected chi connectivity index (χ1v) is 4.20. The van der Waals surface area contributed by atoms with Crippen molar-refractivity contribution in [3.63, 3.8) is 0 Å². The number of imidazole rings is 1. The molecule has 0 amide bonds. The first kappa shape index (κ1) is 7.17. The van der Waals surface area contributed by atoms with Crippen LogP contribution in [0.25, 0.3) is 10.6 Å². The summed E-state index contributed by atoms with van der Waals surface area (Å²) < 4.78 is 0. The molecular formula is C7H6N2O2S. The van der Waals surface area contributed by atoms with Crippen LogP contribution >= 0.6 is 11.3 Å². The van der Waals surface area contributed by atoms with Crippen molar-refractivity contribution in [2.75, 3.05) is 0 Å². The lowest BCUT2D eigenvalue weighted by Gasteiger charge is -1.89. The van der Waals surface area contributed by atoms with Gasteiger partial charge in [-0.05, 0) is 11.4 Å². The molecule has 0 aliphatic heterocycles. The van der Waals surface area contributed by atoms with E-state index in [1.165, 1.54) is 11.3 Å². The minimum absolute atomic E-state index is 0.109. The van der Waals surface area contributed by atoms with E-state index in [0.717, 1.165) is 4.88 Å². The highest BCUT2D eigenvalue weighted by molar-refractivity contribution is 7.13. The van der Waals surface area contributed by atoms with E-state index in [9.17, 15) is 9.90 Å². The third-order valence-corrected chi connectivity index (χ3v) is 2.36. The second kappa shape index (κ2) is 2.53. The van der Waals surface area contributed by atoms with E-state index in [-0.39, 0.29) is 5.88 Å². The summed E-state index contributed by atoms with van der Waals surface area (Å²) >= 11 is 1.45. The Labute approximate surface area is 71.5 Å². The van der Waals surface area contributed by atoms with E-state index in [0.29, 0.717) is 5.69 Å². The zero-order valence-electron chi connectivity index (χ0n) is 6.00. The van der Waals surface area contributed by atoms with Crippen molar-refractivity contribution in [1.29, 1.82) is 0 Å². The van der Waals surface area contributed by atoms with Crippen molar-refractivity contribution in [1.82, 2.24) is 9.97 Å². The van der Waals surface area contributed by atoms with E-state index in [1.54, 1.807) is 0 Å². The average Bonchev–Trinajstić information content (AvgIpc) is 2.58. The van der Waals surface area contributed by atoms with Gasteiger partial charge in [0.05, 0.1) is 4.88 Å². The van der Waals surface area contributed by atoms with Gasteiger partial charge in [-0.2, -0.15) is 0 Å². The smallest absolute Gasteiger partial charge is 0.326 e. The number of hydrogen-bond donors (Lipinski definition) is 3. The average molecular weight is 182 g/mol. The van der Waals surface area contributed by atoms with Gasteiger partial charge >= 0.3 is 5.69 Å². The monoisotopic (exact) mass is 182 g/mol. The summed E-state index contributed by atoms with van der Waals surface area (Å²) in [6, 6.07) is 3.67. The van der Waals surface area contributed by atoms with Gasteiger partial charge in [0.1, 0.15) is 5.69 Å². The van der Waals surface area contributed by atoms with Gasteiger partial charge in [0.2, 0.25) is 5.88 Å². The van der Waals surface area contributed by atoms with E-state index < -0.39 is 5.69 Å². The molecule has 5 heteroatoms. The highest BCUT2D eigenvalue weighted by Gasteiger charge is 2.07. The first-order chi connectivity index (χ1) is 5.77. The Balaban J connectivity index is 2.61. The SMILES string of the molecule is O=c1[nH]c(O)c(-c2cccs2)[nH]1. The largest absolute Gasteiger partial charge is 0.493 e. The lowest BCUT2D eigenvalue weighted by molar-refractivity contribution is 0.458. The highest BCUT2D eigenvalue weighted by atomic mass is 32.1. The molecule has 0 saturated heterocycles. The van der Waals surface area contributed by atoms with Gasteiger partial charge in [-0.1, -0.05) is 6.07 Å². The molecule has 0 unspecified atom stereocenters. The fourth-order valence-electron chi connectivity index (χ4n) is 0.973. The van der Waals surface area contributed by atoms with Crippen LogP contribution in [-0.4, -0.2) is 15.1 Å². The van der Waals surface area contributed by atoms with Crippen LogP contribution < -0.4 is 5.69 Å². The lowest BCUT2D eigenvalue weighted by atomic mass is 10.4. The van der Waals surface area contributed by atoms with Gasteiger partial charge < -0.3 is 10.1 Å². The molecule has 0 saturated carbocycles. The molecule has 2 rings (SSSR count). The summed E-state index contributed by atoms with van der Waals surface area (Å²) in [5.74, 6) is -0.109. The topological polar surface area (TPSA) is 68.9 Å². The summed E-state index contributed by atoms with van der Waals surface area (Å²) in [7, 11) is 0. The maximum absolute atomic E-state index is 10.7. The fraction of sp³-hybridized carbons (Fsp3) is 0. The van der Waals surface area contributed by atoms with Gasteiger partial charge in [-0.25, -0.2) is 4.79 Å². The molecule has 0 aliphatic carbocycles. The Morgan fingerprint density at radius 2 is 2.25 bits per heavy atom. The molecule has 62 valence electrons. The van der Waals surface area contributed by atoms with E-state index in [1.807, 2.05) is 17.5 Å². The van der Waals surface area contributed by atoms with Crippen LogP contribution in [0.1, 0.15) is 0 Å². The second-order valence-electron chi connectivity index (χ2n) is 2.28. The molecule has 0 bridgehead atoms. The van der Waals surface area contributed by atoms with E-state index >= 15 is 0 Å². The van der Waals surface area contributed by atoms with Gasteiger partial charge in [0.25, 0.3) is 0 Å². The van der Waals surface area contributed by atoms with Crippen molar-refractivity contribution in [3.8, 4) is 16.5 Å². The van der Waals surface area contributed by atoms with Crippen LogP contribution in [0.15, 0.2) is 22.3 Å². The van der Waals surface area contributed by atoms with E-state index in [4.69, 9.17) is 0 Å². The quantitative estimate of drug-likeness (QED) is 0.619. The molecule has 0 fully saturated rings. The molecule has 0 aliphatic rings. The van der Waals surface area contributed by atoms with Gasteiger partial charge in [-0.15, -0.1) is 11.3 Å². The summed E-state index contributed by atoms with van der Waals surface area (Å²) in [6.07, 6.45) is 0. The second-order valence-corrected chi connectivity index (χ2v) is 3.23. The third-order valence-electron chi connectivity index (χ3n) is 1.47. The Bertz CT molecular complexity index is 426. The van der Waals surface area contributed by atoms with Crippen molar-refractivity contribution in [2.24, 2.45) is 0 Å². The molecule has 4 nitrogen and oxygen atoms in total. The van der Waals surface area contributed by atoms with Crippen LogP contribution in [0.5, 0.6) is 5.88 Å². The molecule has 0 spiro atoms. The summed E-state index contributed by atoms with van der Waals surface area (Å²) in [4.78, 5) is 16.3. The molecule has 0 radical (unpaired) electrons. The molecule has 0 aromatic carbocycles. The number of aromatic amines is 2. The number of nitrogens with one attached hydrogen (secondary N) is 2. The van der Waals surface area contributed by atoms with Crippen LogP contribution in [0.3, 0.4) is 0 Å². The minimum Gasteiger partial charge on any atom is -0.493 e. The molecule has 2 aromatic heterocycles. The Hall–Kier alpha value is -1.49. The van der Waals surface area contributed by atoms with Crippen molar-refractivity contribution < 1.29 is 5.11 Å². The Morgan fingerprint density at radius 3 is 2.75 bits per heavy atom. The minimum atomic E-state index is -0.393. The van der Waals surface area contributed by atoms with Crippen molar-refractivity contribution in [2.45, 2.75) is 0 Å². The maximum Gasteiger partial charge on any atom is 0.326 e. The molecule has 2 heterocycles. The Morgan fingerprint density at radius 1 is 1.42 bits per heavy atom. The van der Waals surface area contributed by atoms with Gasteiger partial charge in [-0.3, -0.25) is 4.98 Å². The number of rotatable bonds is 1. The summed E-state index contributed by atoms with van der Waals surface area (Å²) in [5, 5.41) is 11.1. The standard InChI is InChI=1S/C7H6N2O2S/c10-6-5(8-7(11)9-6)4-2-1-3-12-4/h1-3,10H,(H2,8,9,11). The third kappa shape index (κ3) is 1.04. The number of thiophene rings is 1. The van der Waals surface area contributed by atoms with Crippen molar-refractivity contribution >= 4 is 11.3 Å². The fourth-order valence-corrected chi connectivity index (χ4v) is 1.70. The number of aromatic hydroxyl groups is 1.